The Bertz CT molecular complexity index is 1230. The van der Waals surface area contributed by atoms with E-state index in [0.717, 1.165) is 17.1 Å². The van der Waals surface area contributed by atoms with Gasteiger partial charge in [0.1, 0.15) is 5.75 Å². The zero-order valence-corrected chi connectivity index (χ0v) is 19.2. The third-order valence-corrected chi connectivity index (χ3v) is 5.95. The molecule has 4 aromatic rings. The minimum absolute atomic E-state index is 0.169. The molecule has 0 aliphatic rings. The van der Waals surface area contributed by atoms with Crippen molar-refractivity contribution in [2.75, 3.05) is 18.2 Å². The van der Waals surface area contributed by atoms with Gasteiger partial charge in [0.15, 0.2) is 11.0 Å². The lowest BCUT2D eigenvalue weighted by Crippen LogP contribution is -2.14. The van der Waals surface area contributed by atoms with Gasteiger partial charge in [0.2, 0.25) is 5.91 Å². The maximum atomic E-state index is 12.5. The third kappa shape index (κ3) is 4.95. The molecule has 0 saturated carbocycles. The fourth-order valence-electron chi connectivity index (χ4n) is 3.13. The van der Waals surface area contributed by atoms with Crippen molar-refractivity contribution in [1.82, 2.24) is 14.8 Å². The molecule has 4 rings (SSSR count). The van der Waals surface area contributed by atoms with Gasteiger partial charge >= 0.3 is 0 Å². The molecule has 3 aromatic carbocycles. The fraction of sp³-hybridized carbons (Fsp3) is 0.125. The van der Waals surface area contributed by atoms with Gasteiger partial charge in [-0.3, -0.25) is 9.36 Å². The first kappa shape index (κ1) is 21.9. The SMILES string of the molecule is COc1ccc(NC(=O)CSc2nnc(-c3ccc(C)cc3)n2-c2ccccc2)cc1Cl. The summed E-state index contributed by atoms with van der Waals surface area (Å²) in [6, 6.07) is 23.1. The van der Waals surface area contributed by atoms with Crippen molar-refractivity contribution < 1.29 is 9.53 Å². The van der Waals surface area contributed by atoms with Crippen LogP contribution >= 0.6 is 23.4 Å². The van der Waals surface area contributed by atoms with Gasteiger partial charge in [0, 0.05) is 16.9 Å². The number of carbonyl (C=O) groups excluding carboxylic acids is 1. The van der Waals surface area contributed by atoms with E-state index in [4.69, 9.17) is 16.3 Å². The number of rotatable bonds is 7. The molecule has 0 bridgehead atoms. The molecule has 0 spiro atoms. The summed E-state index contributed by atoms with van der Waals surface area (Å²) < 4.78 is 7.11. The van der Waals surface area contributed by atoms with E-state index >= 15 is 0 Å². The molecule has 8 heteroatoms. The molecule has 6 nitrogen and oxygen atoms in total. The van der Waals surface area contributed by atoms with E-state index < -0.39 is 0 Å². The second kappa shape index (κ2) is 9.89. The molecule has 1 aromatic heterocycles. The van der Waals surface area contributed by atoms with Crippen LogP contribution < -0.4 is 10.1 Å². The first-order valence-corrected chi connectivity index (χ1v) is 11.3. The number of carbonyl (C=O) groups is 1. The topological polar surface area (TPSA) is 69.0 Å². The van der Waals surface area contributed by atoms with Crippen LogP contribution in [0.25, 0.3) is 17.1 Å². The maximum absolute atomic E-state index is 12.5. The number of nitrogens with one attached hydrogen (secondary N) is 1. The van der Waals surface area contributed by atoms with Gasteiger partial charge in [-0.25, -0.2) is 0 Å². The number of benzene rings is 3. The van der Waals surface area contributed by atoms with E-state index in [9.17, 15) is 4.79 Å². The molecule has 1 N–H and O–H groups in total. The van der Waals surface area contributed by atoms with E-state index in [2.05, 4.69) is 15.5 Å². The van der Waals surface area contributed by atoms with Crippen molar-refractivity contribution in [3.63, 3.8) is 0 Å². The van der Waals surface area contributed by atoms with Gasteiger partial charge in [-0.1, -0.05) is 71.4 Å². The van der Waals surface area contributed by atoms with E-state index in [1.165, 1.54) is 17.3 Å². The standard InChI is InChI=1S/C24H21ClN4O2S/c1-16-8-10-17(11-9-16)23-27-28-24(29(23)19-6-4-3-5-7-19)32-15-22(30)26-18-12-13-21(31-2)20(25)14-18/h3-14H,15H2,1-2H3,(H,26,30). The van der Waals surface area contributed by atoms with E-state index in [1.807, 2.05) is 66.1 Å². The average molecular weight is 465 g/mol. The Morgan fingerprint density at radius 1 is 1.06 bits per heavy atom. The lowest BCUT2D eigenvalue weighted by atomic mass is 10.1. The van der Waals surface area contributed by atoms with Crippen molar-refractivity contribution in [2.45, 2.75) is 12.1 Å². The molecular weight excluding hydrogens is 444 g/mol. The second-order valence-corrected chi connectivity index (χ2v) is 8.38. The molecule has 32 heavy (non-hydrogen) atoms. The van der Waals surface area contributed by atoms with Crippen LogP contribution in [0.15, 0.2) is 78.0 Å². The number of anilines is 1. The Balaban J connectivity index is 1.55. The summed E-state index contributed by atoms with van der Waals surface area (Å²) in [7, 11) is 1.55. The molecular formula is C24H21ClN4O2S. The number of ether oxygens (including phenoxy) is 1. The lowest BCUT2D eigenvalue weighted by Gasteiger charge is -2.11. The van der Waals surface area contributed by atoms with Crippen molar-refractivity contribution in [1.29, 1.82) is 0 Å². The smallest absolute Gasteiger partial charge is 0.234 e. The highest BCUT2D eigenvalue weighted by molar-refractivity contribution is 7.99. The number of amides is 1. The number of aromatic nitrogens is 3. The highest BCUT2D eigenvalue weighted by Gasteiger charge is 2.17. The number of aryl methyl sites for hydroxylation is 1. The Morgan fingerprint density at radius 2 is 1.81 bits per heavy atom. The van der Waals surface area contributed by atoms with Gasteiger partial charge in [-0.05, 0) is 37.3 Å². The Hall–Kier alpha value is -3.29. The zero-order valence-electron chi connectivity index (χ0n) is 17.6. The van der Waals surface area contributed by atoms with Crippen LogP contribution in [0.3, 0.4) is 0 Å². The van der Waals surface area contributed by atoms with E-state index in [0.29, 0.717) is 21.6 Å². The van der Waals surface area contributed by atoms with Crippen LogP contribution in [0.2, 0.25) is 5.02 Å². The highest BCUT2D eigenvalue weighted by Crippen LogP contribution is 2.29. The van der Waals surface area contributed by atoms with Crippen LogP contribution in [0.4, 0.5) is 5.69 Å². The number of para-hydroxylation sites is 1. The Morgan fingerprint density at radius 3 is 2.50 bits per heavy atom. The van der Waals surface area contributed by atoms with Crippen molar-refractivity contribution in [2.24, 2.45) is 0 Å². The van der Waals surface area contributed by atoms with Gasteiger partial charge in [-0.15, -0.1) is 10.2 Å². The number of hydrogen-bond donors (Lipinski definition) is 1. The van der Waals surface area contributed by atoms with E-state index in [1.54, 1.807) is 25.3 Å². The summed E-state index contributed by atoms with van der Waals surface area (Å²) in [5.41, 5.74) is 3.66. The molecule has 0 aliphatic carbocycles. The molecule has 1 amide bonds. The maximum Gasteiger partial charge on any atom is 0.234 e. The van der Waals surface area contributed by atoms with Crippen LogP contribution in [0.1, 0.15) is 5.56 Å². The van der Waals surface area contributed by atoms with Gasteiger partial charge < -0.3 is 10.1 Å². The minimum atomic E-state index is -0.171. The molecule has 0 radical (unpaired) electrons. The predicted octanol–water partition coefficient (Wildman–Crippen LogP) is 5.64. The van der Waals surface area contributed by atoms with Gasteiger partial charge in [0.25, 0.3) is 0 Å². The first-order valence-electron chi connectivity index (χ1n) is 9.89. The monoisotopic (exact) mass is 464 g/mol. The first-order chi connectivity index (χ1) is 15.5. The largest absolute Gasteiger partial charge is 0.495 e. The van der Waals surface area contributed by atoms with Crippen LogP contribution in [-0.2, 0) is 4.79 Å². The zero-order chi connectivity index (χ0) is 22.5. The summed E-state index contributed by atoms with van der Waals surface area (Å²) >= 11 is 7.46. The number of thioether (sulfide) groups is 1. The number of nitrogens with zero attached hydrogens (tertiary/aromatic N) is 3. The molecule has 0 fully saturated rings. The number of halogens is 1. The lowest BCUT2D eigenvalue weighted by molar-refractivity contribution is -0.113. The Kier molecular flexibility index (Phi) is 6.78. The van der Waals surface area contributed by atoms with Gasteiger partial charge in [0.05, 0.1) is 17.9 Å². The summed E-state index contributed by atoms with van der Waals surface area (Å²) in [5, 5.41) is 12.7. The number of methoxy groups -OCH3 is 1. The molecule has 0 aliphatic heterocycles. The summed E-state index contributed by atoms with van der Waals surface area (Å²) in [6.07, 6.45) is 0. The molecule has 0 saturated heterocycles. The fourth-order valence-corrected chi connectivity index (χ4v) is 4.14. The van der Waals surface area contributed by atoms with Crippen LogP contribution in [0, 0.1) is 6.92 Å². The number of hydrogen-bond acceptors (Lipinski definition) is 5. The highest BCUT2D eigenvalue weighted by atomic mass is 35.5. The van der Waals surface area contributed by atoms with Crippen LogP contribution in [-0.4, -0.2) is 33.5 Å². The summed E-state index contributed by atoms with van der Waals surface area (Å²) in [6.45, 7) is 2.04. The van der Waals surface area contributed by atoms with E-state index in [-0.39, 0.29) is 11.7 Å². The molecule has 1 heterocycles. The molecule has 0 atom stereocenters. The van der Waals surface area contributed by atoms with Crippen molar-refractivity contribution in [3.8, 4) is 22.8 Å². The summed E-state index contributed by atoms with van der Waals surface area (Å²) in [5.74, 6) is 1.28. The third-order valence-electron chi connectivity index (χ3n) is 4.73. The molecule has 0 unspecified atom stereocenters. The normalized spacial score (nSPS) is 10.7. The Labute approximate surface area is 195 Å². The predicted molar refractivity (Wildman–Crippen MR) is 129 cm³/mol. The second-order valence-electron chi connectivity index (χ2n) is 7.03. The minimum Gasteiger partial charge on any atom is -0.495 e. The van der Waals surface area contributed by atoms with Crippen molar-refractivity contribution >= 4 is 35.0 Å². The van der Waals surface area contributed by atoms with Crippen LogP contribution in [0.5, 0.6) is 5.75 Å². The summed E-state index contributed by atoms with van der Waals surface area (Å²) in [4.78, 5) is 12.5. The quantitative estimate of drug-likeness (QED) is 0.359. The average Bonchev–Trinajstić information content (AvgIpc) is 3.23. The van der Waals surface area contributed by atoms with Gasteiger partial charge in [-0.2, -0.15) is 0 Å². The molecule has 162 valence electrons. The van der Waals surface area contributed by atoms with Crippen molar-refractivity contribution in [3.05, 3.63) is 83.4 Å².